The number of hydrogen-bond donors (Lipinski definition) is 2. The summed E-state index contributed by atoms with van der Waals surface area (Å²) in [4.78, 5) is 0. The Morgan fingerprint density at radius 1 is 1.17 bits per heavy atom. The van der Waals surface area contributed by atoms with Gasteiger partial charge in [0, 0.05) is 12.1 Å². The molecule has 3 aromatic rings. The first-order chi connectivity index (χ1) is 11.2. The Bertz CT molecular complexity index is 764. The first-order valence-corrected chi connectivity index (χ1v) is 7.21. The molecule has 23 heavy (non-hydrogen) atoms. The molecular formula is C15H13ClFN5O. The van der Waals surface area contributed by atoms with Gasteiger partial charge in [0.1, 0.15) is 18.2 Å². The average molecular weight is 334 g/mol. The molecule has 118 valence electrons. The molecule has 3 rings (SSSR count). The smallest absolute Gasteiger partial charge is 0.263 e. The molecule has 0 fully saturated rings. The fraction of sp³-hybridized carbons (Fsp3) is 0.133. The van der Waals surface area contributed by atoms with Crippen LogP contribution in [0, 0.1) is 5.82 Å². The molecule has 6 nitrogen and oxygen atoms in total. The van der Waals surface area contributed by atoms with Gasteiger partial charge in [-0.1, -0.05) is 34.9 Å². The van der Waals surface area contributed by atoms with Crippen LogP contribution >= 0.6 is 11.6 Å². The van der Waals surface area contributed by atoms with Gasteiger partial charge in [0.15, 0.2) is 0 Å². The van der Waals surface area contributed by atoms with E-state index in [0.717, 1.165) is 11.1 Å². The number of rotatable bonds is 6. The maximum absolute atomic E-state index is 13.0. The van der Waals surface area contributed by atoms with Crippen molar-refractivity contribution < 1.29 is 9.13 Å². The number of tetrazole rings is 1. The number of nitrogens with zero attached hydrogens (tertiary/aromatic N) is 3. The molecule has 0 unspecified atom stereocenters. The van der Waals surface area contributed by atoms with E-state index < -0.39 is 0 Å². The molecule has 0 spiro atoms. The van der Waals surface area contributed by atoms with E-state index >= 15 is 0 Å². The Kier molecular flexibility index (Phi) is 4.68. The monoisotopic (exact) mass is 333 g/mol. The summed E-state index contributed by atoms with van der Waals surface area (Å²) in [6, 6.07) is 11.8. The summed E-state index contributed by atoms with van der Waals surface area (Å²) < 4.78 is 18.6. The summed E-state index contributed by atoms with van der Waals surface area (Å²) in [5, 5.41) is 16.8. The molecule has 1 heterocycles. The van der Waals surface area contributed by atoms with Crippen LogP contribution in [0.3, 0.4) is 0 Å². The fourth-order valence-corrected chi connectivity index (χ4v) is 2.14. The first kappa shape index (κ1) is 15.2. The van der Waals surface area contributed by atoms with Gasteiger partial charge in [-0.05, 0) is 35.0 Å². The van der Waals surface area contributed by atoms with Gasteiger partial charge in [0.25, 0.3) is 5.95 Å². The van der Waals surface area contributed by atoms with Gasteiger partial charge in [-0.2, -0.15) is 5.21 Å². The van der Waals surface area contributed by atoms with Crippen LogP contribution in [-0.4, -0.2) is 20.6 Å². The highest BCUT2D eigenvalue weighted by Crippen LogP contribution is 2.20. The van der Waals surface area contributed by atoms with Crippen LogP contribution in [0.5, 0.6) is 5.75 Å². The first-order valence-electron chi connectivity index (χ1n) is 6.84. The summed E-state index contributed by atoms with van der Waals surface area (Å²) in [7, 11) is 0. The van der Waals surface area contributed by atoms with Crippen LogP contribution < -0.4 is 10.1 Å². The SMILES string of the molecule is Fc1ccc(COc2ccc(CNc3nn[nH]n3)cc2)c(Cl)c1. The summed E-state index contributed by atoms with van der Waals surface area (Å²) in [6.07, 6.45) is 0. The van der Waals surface area contributed by atoms with Crippen molar-refractivity contribution in [3.05, 3.63) is 64.4 Å². The normalized spacial score (nSPS) is 10.5. The lowest BCUT2D eigenvalue weighted by Gasteiger charge is -2.09. The molecule has 1 aromatic heterocycles. The number of aromatic amines is 1. The van der Waals surface area contributed by atoms with Crippen LogP contribution in [0.4, 0.5) is 10.3 Å². The summed E-state index contributed by atoms with van der Waals surface area (Å²) >= 11 is 5.96. The molecule has 0 bridgehead atoms. The van der Waals surface area contributed by atoms with E-state index in [4.69, 9.17) is 16.3 Å². The second kappa shape index (κ2) is 7.06. The van der Waals surface area contributed by atoms with Crippen LogP contribution in [0.25, 0.3) is 0 Å². The zero-order valence-electron chi connectivity index (χ0n) is 12.0. The van der Waals surface area contributed by atoms with E-state index in [1.54, 1.807) is 6.07 Å². The lowest BCUT2D eigenvalue weighted by Crippen LogP contribution is -2.01. The van der Waals surface area contributed by atoms with E-state index in [2.05, 4.69) is 25.9 Å². The second-order valence-corrected chi connectivity index (χ2v) is 5.16. The summed E-state index contributed by atoms with van der Waals surface area (Å²) in [5.74, 6) is 0.780. The van der Waals surface area contributed by atoms with E-state index in [1.165, 1.54) is 12.1 Å². The largest absolute Gasteiger partial charge is 0.489 e. The summed E-state index contributed by atoms with van der Waals surface area (Å²) in [6.45, 7) is 0.850. The van der Waals surface area contributed by atoms with Crippen molar-refractivity contribution in [3.63, 3.8) is 0 Å². The number of aromatic nitrogens is 4. The molecule has 0 amide bonds. The van der Waals surface area contributed by atoms with Gasteiger partial charge in [-0.15, -0.1) is 5.10 Å². The second-order valence-electron chi connectivity index (χ2n) is 4.76. The minimum absolute atomic E-state index is 0.277. The molecule has 0 aliphatic rings. The average Bonchev–Trinajstić information content (AvgIpc) is 3.07. The third-order valence-corrected chi connectivity index (χ3v) is 3.48. The molecule has 2 N–H and O–H groups in total. The van der Waals surface area contributed by atoms with E-state index in [-0.39, 0.29) is 12.4 Å². The van der Waals surface area contributed by atoms with Gasteiger partial charge in [0.2, 0.25) is 0 Å². The number of H-pyrrole nitrogens is 1. The molecule has 0 saturated carbocycles. The molecule has 2 aromatic carbocycles. The number of nitrogens with one attached hydrogen (secondary N) is 2. The lowest BCUT2D eigenvalue weighted by atomic mass is 10.2. The molecule has 0 atom stereocenters. The maximum atomic E-state index is 13.0. The minimum atomic E-state index is -0.364. The van der Waals surface area contributed by atoms with Crippen molar-refractivity contribution in [2.45, 2.75) is 13.2 Å². The van der Waals surface area contributed by atoms with E-state index in [1.807, 2.05) is 24.3 Å². The zero-order chi connectivity index (χ0) is 16.1. The van der Waals surface area contributed by atoms with Gasteiger partial charge >= 0.3 is 0 Å². The standard InChI is InChI=1S/C15H13ClFN5O/c16-14-7-12(17)4-3-11(14)9-23-13-5-1-10(2-6-13)8-18-15-19-21-22-20-15/h1-7H,8-9H2,(H2,18,19,20,21,22). The quantitative estimate of drug-likeness (QED) is 0.724. The van der Waals surface area contributed by atoms with Crippen LogP contribution in [-0.2, 0) is 13.2 Å². The van der Waals surface area contributed by atoms with E-state index in [0.29, 0.717) is 23.3 Å². The van der Waals surface area contributed by atoms with Gasteiger partial charge in [-0.3, -0.25) is 0 Å². The third kappa shape index (κ3) is 4.17. The Hall–Kier alpha value is -2.67. The lowest BCUT2D eigenvalue weighted by molar-refractivity contribution is 0.306. The molecule has 0 radical (unpaired) electrons. The number of anilines is 1. The predicted molar refractivity (Wildman–Crippen MR) is 83.7 cm³/mol. The zero-order valence-corrected chi connectivity index (χ0v) is 12.7. The van der Waals surface area contributed by atoms with Crippen molar-refractivity contribution in [1.29, 1.82) is 0 Å². The van der Waals surface area contributed by atoms with Gasteiger partial charge in [-0.25, -0.2) is 4.39 Å². The maximum Gasteiger partial charge on any atom is 0.263 e. The number of halogens is 2. The Morgan fingerprint density at radius 3 is 2.70 bits per heavy atom. The predicted octanol–water partition coefficient (Wildman–Crippen LogP) is 3.18. The Balaban J connectivity index is 1.54. The van der Waals surface area contributed by atoms with Crippen LogP contribution in [0.15, 0.2) is 42.5 Å². The fourth-order valence-electron chi connectivity index (χ4n) is 1.92. The van der Waals surface area contributed by atoms with Crippen LogP contribution in [0.1, 0.15) is 11.1 Å². The van der Waals surface area contributed by atoms with Crippen LogP contribution in [0.2, 0.25) is 5.02 Å². The molecule has 0 saturated heterocycles. The summed E-state index contributed by atoms with van der Waals surface area (Å²) in [5.41, 5.74) is 1.78. The van der Waals surface area contributed by atoms with Crippen molar-refractivity contribution >= 4 is 17.5 Å². The number of hydrogen-bond acceptors (Lipinski definition) is 5. The van der Waals surface area contributed by atoms with Gasteiger partial charge in [0.05, 0.1) is 5.02 Å². The number of ether oxygens (including phenoxy) is 1. The molecule has 8 heteroatoms. The highest BCUT2D eigenvalue weighted by Gasteiger charge is 2.04. The van der Waals surface area contributed by atoms with Crippen molar-refractivity contribution in [1.82, 2.24) is 20.6 Å². The van der Waals surface area contributed by atoms with Crippen molar-refractivity contribution in [3.8, 4) is 5.75 Å². The van der Waals surface area contributed by atoms with Crippen molar-refractivity contribution in [2.75, 3.05) is 5.32 Å². The highest BCUT2D eigenvalue weighted by molar-refractivity contribution is 6.31. The van der Waals surface area contributed by atoms with Gasteiger partial charge < -0.3 is 10.1 Å². The molecule has 0 aliphatic carbocycles. The highest BCUT2D eigenvalue weighted by atomic mass is 35.5. The van der Waals surface area contributed by atoms with Crippen molar-refractivity contribution in [2.24, 2.45) is 0 Å². The third-order valence-electron chi connectivity index (χ3n) is 3.13. The topological polar surface area (TPSA) is 75.7 Å². The Labute approximate surface area is 136 Å². The Morgan fingerprint density at radius 2 is 2.00 bits per heavy atom. The van der Waals surface area contributed by atoms with E-state index in [9.17, 15) is 4.39 Å². The number of benzene rings is 2. The molecule has 0 aliphatic heterocycles. The minimum Gasteiger partial charge on any atom is -0.489 e. The molecular weight excluding hydrogens is 321 g/mol.